The minimum absolute atomic E-state index is 0.213. The van der Waals surface area contributed by atoms with Crippen LogP contribution >= 0.6 is 11.6 Å². The van der Waals surface area contributed by atoms with Crippen LogP contribution < -0.4 is 10.9 Å². The van der Waals surface area contributed by atoms with E-state index >= 15 is 0 Å². The number of halogens is 2. The Bertz CT molecular complexity index is 1280. The molecule has 0 aliphatic rings. The highest BCUT2D eigenvalue weighted by Gasteiger charge is 2.11. The van der Waals surface area contributed by atoms with Crippen LogP contribution in [0.2, 0.25) is 5.02 Å². The van der Waals surface area contributed by atoms with Gasteiger partial charge in [-0.15, -0.1) is 0 Å². The zero-order valence-corrected chi connectivity index (χ0v) is 16.5. The Morgan fingerprint density at radius 3 is 2.80 bits per heavy atom. The van der Waals surface area contributed by atoms with Gasteiger partial charge in [0.15, 0.2) is 5.65 Å². The van der Waals surface area contributed by atoms with Crippen molar-refractivity contribution in [2.45, 2.75) is 13.1 Å². The molecule has 2 aromatic heterocycles. The predicted octanol–water partition coefficient (Wildman–Crippen LogP) is 2.86. The molecule has 30 heavy (non-hydrogen) atoms. The van der Waals surface area contributed by atoms with E-state index in [9.17, 15) is 14.0 Å². The van der Waals surface area contributed by atoms with E-state index in [4.69, 9.17) is 11.6 Å². The minimum Gasteiger partial charge on any atom is -0.350 e. The third-order valence-corrected chi connectivity index (χ3v) is 4.80. The van der Waals surface area contributed by atoms with Gasteiger partial charge in [0.1, 0.15) is 17.5 Å². The molecular weight excluding hydrogens is 409 g/mol. The van der Waals surface area contributed by atoms with Gasteiger partial charge in [0, 0.05) is 17.1 Å². The first kappa shape index (κ1) is 19.8. The third kappa shape index (κ3) is 4.23. The van der Waals surface area contributed by atoms with E-state index in [1.165, 1.54) is 41.4 Å². The first-order valence-corrected chi connectivity index (χ1v) is 9.58. The average Bonchev–Trinajstić information content (AvgIpc) is 3.14. The van der Waals surface area contributed by atoms with Crippen LogP contribution in [0.1, 0.15) is 15.9 Å². The number of rotatable bonds is 6. The Labute approximate surface area is 175 Å². The smallest absolute Gasteiger partial charge is 0.264 e. The van der Waals surface area contributed by atoms with Crippen LogP contribution in [0.25, 0.3) is 11.0 Å². The number of amides is 1. The van der Waals surface area contributed by atoms with Crippen LogP contribution in [0.5, 0.6) is 0 Å². The summed E-state index contributed by atoms with van der Waals surface area (Å²) < 4.78 is 16.3. The number of nitrogens with one attached hydrogen (secondary N) is 1. The minimum atomic E-state index is -0.473. The molecule has 1 amide bonds. The lowest BCUT2D eigenvalue weighted by atomic mass is 10.2. The predicted molar refractivity (Wildman–Crippen MR) is 111 cm³/mol. The third-order valence-electron chi connectivity index (χ3n) is 4.56. The molecule has 0 aliphatic carbocycles. The number of carbonyl (C=O) groups is 1. The summed E-state index contributed by atoms with van der Waals surface area (Å²) in [6.45, 7) is 0.909. The number of carbonyl (C=O) groups excluding carboxylic acids is 1. The monoisotopic (exact) mass is 425 g/mol. The molecule has 0 spiro atoms. The lowest BCUT2D eigenvalue weighted by Gasteiger charge is -2.08. The van der Waals surface area contributed by atoms with Crippen molar-refractivity contribution in [2.24, 2.45) is 0 Å². The Hall–Kier alpha value is -3.52. The van der Waals surface area contributed by atoms with Gasteiger partial charge < -0.3 is 5.32 Å². The Morgan fingerprint density at radius 1 is 1.17 bits per heavy atom. The highest BCUT2D eigenvalue weighted by atomic mass is 35.5. The summed E-state index contributed by atoms with van der Waals surface area (Å²) in [6, 6.07) is 12.7. The van der Waals surface area contributed by atoms with E-state index in [2.05, 4.69) is 15.4 Å². The molecule has 0 fully saturated rings. The molecule has 0 saturated heterocycles. The van der Waals surface area contributed by atoms with E-state index < -0.39 is 5.82 Å². The zero-order valence-electron chi connectivity index (χ0n) is 15.8. The van der Waals surface area contributed by atoms with Crippen molar-refractivity contribution in [3.8, 4) is 0 Å². The summed E-state index contributed by atoms with van der Waals surface area (Å²) >= 11 is 6.00. The second-order valence-corrected chi connectivity index (χ2v) is 7.12. The maximum absolute atomic E-state index is 13.2. The first-order chi connectivity index (χ1) is 14.5. The molecule has 0 aliphatic heterocycles. The topological polar surface area (TPSA) is 81.8 Å². The number of fused-ring (bicyclic) bond motifs is 1. The second-order valence-electron chi connectivity index (χ2n) is 6.68. The van der Waals surface area contributed by atoms with Crippen LogP contribution in [0.15, 0.2) is 65.8 Å². The van der Waals surface area contributed by atoms with Crippen LogP contribution in [0.3, 0.4) is 0 Å². The average molecular weight is 426 g/mol. The number of benzene rings is 2. The number of nitrogens with zero attached hydrogens (tertiary/aromatic N) is 4. The second kappa shape index (κ2) is 8.46. The summed E-state index contributed by atoms with van der Waals surface area (Å²) in [5.74, 6) is -0.859. The van der Waals surface area contributed by atoms with E-state index in [-0.39, 0.29) is 23.6 Å². The van der Waals surface area contributed by atoms with Crippen LogP contribution in [0, 0.1) is 5.82 Å². The number of aromatic nitrogens is 4. The summed E-state index contributed by atoms with van der Waals surface area (Å²) in [7, 11) is 0. The molecule has 0 atom stereocenters. The van der Waals surface area contributed by atoms with Gasteiger partial charge in [0.25, 0.3) is 11.5 Å². The molecule has 4 aromatic rings. The Balaban J connectivity index is 1.46. The Morgan fingerprint density at radius 2 is 2.00 bits per heavy atom. The fourth-order valence-corrected chi connectivity index (χ4v) is 3.33. The van der Waals surface area contributed by atoms with E-state index in [1.54, 1.807) is 16.8 Å². The Kier molecular flexibility index (Phi) is 5.58. The van der Waals surface area contributed by atoms with Gasteiger partial charge in [-0.3, -0.25) is 14.2 Å². The van der Waals surface area contributed by atoms with Crippen LogP contribution in [-0.4, -0.2) is 31.8 Å². The maximum Gasteiger partial charge on any atom is 0.264 e. The molecule has 4 rings (SSSR count). The van der Waals surface area contributed by atoms with Crippen LogP contribution in [0.4, 0.5) is 4.39 Å². The molecule has 0 radical (unpaired) electrons. The number of hydrogen-bond acceptors (Lipinski definition) is 4. The van der Waals surface area contributed by atoms with Crippen molar-refractivity contribution in [2.75, 3.05) is 6.54 Å². The zero-order chi connectivity index (χ0) is 21.1. The van der Waals surface area contributed by atoms with Gasteiger partial charge in [0.2, 0.25) is 0 Å². The quantitative estimate of drug-likeness (QED) is 0.515. The normalized spacial score (nSPS) is 11.0. The summed E-state index contributed by atoms with van der Waals surface area (Å²) in [5, 5.41) is 7.90. The van der Waals surface area contributed by atoms with Gasteiger partial charge in [-0.1, -0.05) is 29.8 Å². The molecule has 0 bridgehead atoms. The van der Waals surface area contributed by atoms with Gasteiger partial charge in [-0.25, -0.2) is 14.1 Å². The van der Waals surface area contributed by atoms with Crippen molar-refractivity contribution >= 4 is 28.5 Å². The van der Waals surface area contributed by atoms with Crippen molar-refractivity contribution in [3.05, 3.63) is 93.4 Å². The molecule has 2 heterocycles. The summed E-state index contributed by atoms with van der Waals surface area (Å²) in [4.78, 5) is 29.2. The first-order valence-electron chi connectivity index (χ1n) is 9.20. The van der Waals surface area contributed by atoms with Crippen molar-refractivity contribution in [1.82, 2.24) is 24.6 Å². The molecule has 1 N–H and O–H groups in total. The highest BCUT2D eigenvalue weighted by molar-refractivity contribution is 6.30. The van der Waals surface area contributed by atoms with Gasteiger partial charge >= 0.3 is 0 Å². The molecule has 0 unspecified atom stereocenters. The van der Waals surface area contributed by atoms with Crippen molar-refractivity contribution in [3.63, 3.8) is 0 Å². The molecule has 2 aromatic carbocycles. The van der Waals surface area contributed by atoms with Crippen molar-refractivity contribution < 1.29 is 9.18 Å². The van der Waals surface area contributed by atoms with E-state index in [1.807, 2.05) is 12.1 Å². The summed E-state index contributed by atoms with van der Waals surface area (Å²) in [6.07, 6.45) is 2.93. The van der Waals surface area contributed by atoms with Crippen LogP contribution in [-0.2, 0) is 13.1 Å². The molecule has 7 nitrogen and oxygen atoms in total. The SMILES string of the molecule is O=C(NCCn1ncc2c(=O)n(Cc3cccc(Cl)c3)cnc21)c1cccc(F)c1. The van der Waals surface area contributed by atoms with E-state index in [0.29, 0.717) is 29.1 Å². The highest BCUT2D eigenvalue weighted by Crippen LogP contribution is 2.12. The largest absolute Gasteiger partial charge is 0.350 e. The standard InChI is InChI=1S/C21H17ClFN5O2/c22-16-5-1-3-14(9-16)12-27-13-25-19-18(21(27)30)11-26-28(19)8-7-24-20(29)15-4-2-6-17(23)10-15/h1-6,9-11,13H,7-8,12H2,(H,24,29). The molecule has 0 saturated carbocycles. The molecular formula is C21H17ClFN5O2. The van der Waals surface area contributed by atoms with Gasteiger partial charge in [-0.2, -0.15) is 5.10 Å². The van der Waals surface area contributed by atoms with Gasteiger partial charge in [-0.05, 0) is 35.9 Å². The fraction of sp³-hybridized carbons (Fsp3) is 0.143. The van der Waals surface area contributed by atoms with E-state index in [0.717, 1.165) is 5.56 Å². The lowest BCUT2D eigenvalue weighted by molar-refractivity contribution is 0.0951. The molecule has 9 heteroatoms. The van der Waals surface area contributed by atoms with Crippen molar-refractivity contribution in [1.29, 1.82) is 0 Å². The fourth-order valence-electron chi connectivity index (χ4n) is 3.11. The molecule has 152 valence electrons. The lowest BCUT2D eigenvalue weighted by Crippen LogP contribution is -2.28. The maximum atomic E-state index is 13.2. The summed E-state index contributed by atoms with van der Waals surface area (Å²) in [5.41, 5.74) is 1.35. The van der Waals surface area contributed by atoms with Gasteiger partial charge in [0.05, 0.1) is 19.3 Å². The number of hydrogen-bond donors (Lipinski definition) is 1.